The van der Waals surface area contributed by atoms with E-state index in [1.54, 1.807) is 6.26 Å². The van der Waals surface area contributed by atoms with Gasteiger partial charge in [-0.2, -0.15) is 5.10 Å². The number of rotatable bonds is 5. The van der Waals surface area contributed by atoms with Crippen LogP contribution in [0.4, 0.5) is 0 Å². The molecule has 1 atom stereocenters. The van der Waals surface area contributed by atoms with Gasteiger partial charge in [0, 0.05) is 18.7 Å². The number of nitrogens with one attached hydrogen (secondary N) is 2. The van der Waals surface area contributed by atoms with Gasteiger partial charge in [-0.3, -0.25) is 0 Å². The third-order valence-corrected chi connectivity index (χ3v) is 4.61. The standard InChI is InChI=1S/C20H25N7O/c1-3-21-20(25-17-10-7-11-27-18(17)23-14(2)26-27)22-12-16-13-28-19(24-16)15-8-5-4-6-9-15/h4-6,8-9,13,17H,3,7,10-12H2,1-2H3,(H2,21,22,25). The van der Waals surface area contributed by atoms with Crippen LogP contribution in [-0.4, -0.2) is 32.3 Å². The number of fused-ring (bicyclic) bond motifs is 1. The zero-order valence-corrected chi connectivity index (χ0v) is 16.2. The van der Waals surface area contributed by atoms with E-state index in [0.29, 0.717) is 12.4 Å². The largest absolute Gasteiger partial charge is 0.444 e. The van der Waals surface area contributed by atoms with Crippen molar-refractivity contribution in [3.05, 3.63) is 53.9 Å². The molecule has 2 N–H and O–H groups in total. The van der Waals surface area contributed by atoms with Crippen molar-refractivity contribution in [1.29, 1.82) is 0 Å². The quantitative estimate of drug-likeness (QED) is 0.523. The number of oxazole rings is 1. The second-order valence-corrected chi connectivity index (χ2v) is 6.78. The smallest absolute Gasteiger partial charge is 0.226 e. The highest BCUT2D eigenvalue weighted by molar-refractivity contribution is 5.80. The molecule has 1 aliphatic heterocycles. The Morgan fingerprint density at radius 3 is 2.96 bits per heavy atom. The molecule has 0 saturated heterocycles. The lowest BCUT2D eigenvalue weighted by atomic mass is 10.1. The molecule has 2 aromatic heterocycles. The summed E-state index contributed by atoms with van der Waals surface area (Å²) in [7, 11) is 0. The second kappa shape index (κ2) is 8.24. The highest BCUT2D eigenvalue weighted by Gasteiger charge is 2.24. The van der Waals surface area contributed by atoms with Gasteiger partial charge in [0.05, 0.1) is 12.6 Å². The summed E-state index contributed by atoms with van der Waals surface area (Å²) in [6.07, 6.45) is 3.73. The van der Waals surface area contributed by atoms with Crippen molar-refractivity contribution < 1.29 is 4.42 Å². The zero-order chi connectivity index (χ0) is 19.3. The molecule has 8 nitrogen and oxygen atoms in total. The molecule has 0 amide bonds. The van der Waals surface area contributed by atoms with Gasteiger partial charge in [-0.15, -0.1) is 0 Å². The van der Waals surface area contributed by atoms with E-state index in [1.165, 1.54) is 0 Å². The molecule has 3 aromatic rings. The van der Waals surface area contributed by atoms with Crippen LogP contribution in [0.5, 0.6) is 0 Å². The Balaban J connectivity index is 1.46. The number of benzene rings is 1. The monoisotopic (exact) mass is 379 g/mol. The van der Waals surface area contributed by atoms with Gasteiger partial charge in [0.25, 0.3) is 0 Å². The van der Waals surface area contributed by atoms with Crippen LogP contribution in [0, 0.1) is 6.92 Å². The molecule has 0 saturated carbocycles. The van der Waals surface area contributed by atoms with E-state index < -0.39 is 0 Å². The minimum absolute atomic E-state index is 0.102. The summed E-state index contributed by atoms with van der Waals surface area (Å²) in [5.74, 6) is 3.13. The second-order valence-electron chi connectivity index (χ2n) is 6.78. The normalized spacial score (nSPS) is 16.6. The van der Waals surface area contributed by atoms with E-state index in [2.05, 4.69) is 30.7 Å². The van der Waals surface area contributed by atoms with E-state index in [1.807, 2.05) is 48.9 Å². The molecule has 1 unspecified atom stereocenters. The molecule has 8 heteroatoms. The van der Waals surface area contributed by atoms with Gasteiger partial charge in [-0.05, 0) is 38.8 Å². The lowest BCUT2D eigenvalue weighted by molar-refractivity contribution is 0.397. The molecule has 3 heterocycles. The first-order valence-corrected chi connectivity index (χ1v) is 9.69. The van der Waals surface area contributed by atoms with Crippen molar-refractivity contribution in [3.8, 4) is 11.5 Å². The molecule has 0 aliphatic carbocycles. The van der Waals surface area contributed by atoms with E-state index in [9.17, 15) is 0 Å². The Kier molecular flexibility index (Phi) is 5.36. The van der Waals surface area contributed by atoms with Gasteiger partial charge >= 0.3 is 0 Å². The zero-order valence-electron chi connectivity index (χ0n) is 16.2. The Morgan fingerprint density at radius 1 is 1.29 bits per heavy atom. The number of aryl methyl sites for hydroxylation is 2. The Morgan fingerprint density at radius 2 is 2.14 bits per heavy atom. The van der Waals surface area contributed by atoms with Crippen molar-refractivity contribution in [2.75, 3.05) is 6.54 Å². The van der Waals surface area contributed by atoms with Gasteiger partial charge in [0.2, 0.25) is 5.89 Å². The molecule has 146 valence electrons. The summed E-state index contributed by atoms with van der Waals surface area (Å²) in [6, 6.07) is 9.96. The van der Waals surface area contributed by atoms with Gasteiger partial charge in [-0.1, -0.05) is 18.2 Å². The van der Waals surface area contributed by atoms with Crippen LogP contribution in [0.3, 0.4) is 0 Å². The molecule has 1 aliphatic rings. The number of nitrogens with zero attached hydrogens (tertiary/aromatic N) is 5. The molecule has 1 aromatic carbocycles. The summed E-state index contributed by atoms with van der Waals surface area (Å²) in [5, 5.41) is 11.3. The summed E-state index contributed by atoms with van der Waals surface area (Å²) in [6.45, 7) is 6.11. The van der Waals surface area contributed by atoms with Crippen molar-refractivity contribution in [2.24, 2.45) is 4.99 Å². The lowest BCUT2D eigenvalue weighted by Crippen LogP contribution is -2.41. The topological polar surface area (TPSA) is 93.2 Å². The van der Waals surface area contributed by atoms with Crippen LogP contribution in [0.1, 0.15) is 43.1 Å². The summed E-state index contributed by atoms with van der Waals surface area (Å²) >= 11 is 0. The maximum Gasteiger partial charge on any atom is 0.226 e. The van der Waals surface area contributed by atoms with Crippen LogP contribution in [0.15, 0.2) is 46.0 Å². The summed E-state index contributed by atoms with van der Waals surface area (Å²) in [5.41, 5.74) is 1.75. The van der Waals surface area contributed by atoms with Crippen LogP contribution in [0.25, 0.3) is 11.5 Å². The minimum Gasteiger partial charge on any atom is -0.444 e. The SMILES string of the molecule is CCNC(=NCc1coc(-c2ccccc2)n1)NC1CCCn2nc(C)nc21. The summed E-state index contributed by atoms with van der Waals surface area (Å²) in [4.78, 5) is 13.8. The van der Waals surface area contributed by atoms with Crippen LogP contribution in [0.2, 0.25) is 0 Å². The highest BCUT2D eigenvalue weighted by Crippen LogP contribution is 2.23. The third-order valence-electron chi connectivity index (χ3n) is 4.61. The predicted octanol–water partition coefficient (Wildman–Crippen LogP) is 2.83. The summed E-state index contributed by atoms with van der Waals surface area (Å²) < 4.78 is 7.59. The van der Waals surface area contributed by atoms with Crippen LogP contribution >= 0.6 is 0 Å². The molecule has 0 radical (unpaired) electrons. The Hall–Kier alpha value is -3.16. The Labute approximate surface area is 164 Å². The van der Waals surface area contributed by atoms with Crippen molar-refractivity contribution in [1.82, 2.24) is 30.4 Å². The fraction of sp³-hybridized carbons (Fsp3) is 0.400. The van der Waals surface area contributed by atoms with E-state index in [-0.39, 0.29) is 6.04 Å². The molecular formula is C20H25N7O. The Bertz CT molecular complexity index is 945. The predicted molar refractivity (Wildman–Crippen MR) is 107 cm³/mol. The van der Waals surface area contributed by atoms with Crippen molar-refractivity contribution in [2.45, 2.75) is 45.8 Å². The number of aliphatic imine (C=N–C) groups is 1. The molecule has 4 rings (SSSR count). The average Bonchev–Trinajstić information content (AvgIpc) is 3.33. The highest BCUT2D eigenvalue weighted by atomic mass is 16.3. The molecular weight excluding hydrogens is 354 g/mol. The van der Waals surface area contributed by atoms with E-state index in [0.717, 1.165) is 54.8 Å². The van der Waals surface area contributed by atoms with Gasteiger partial charge in [0.15, 0.2) is 5.96 Å². The lowest BCUT2D eigenvalue weighted by Gasteiger charge is -2.24. The third kappa shape index (κ3) is 4.05. The van der Waals surface area contributed by atoms with Gasteiger partial charge in [0.1, 0.15) is 23.6 Å². The minimum atomic E-state index is 0.102. The fourth-order valence-electron chi connectivity index (χ4n) is 3.34. The maximum atomic E-state index is 5.60. The first-order valence-electron chi connectivity index (χ1n) is 9.69. The average molecular weight is 379 g/mol. The number of hydrogen-bond donors (Lipinski definition) is 2. The number of hydrogen-bond acceptors (Lipinski definition) is 5. The molecule has 0 bridgehead atoms. The number of guanidine groups is 1. The number of aromatic nitrogens is 4. The fourth-order valence-corrected chi connectivity index (χ4v) is 3.34. The van der Waals surface area contributed by atoms with Gasteiger partial charge in [-0.25, -0.2) is 19.6 Å². The maximum absolute atomic E-state index is 5.60. The van der Waals surface area contributed by atoms with Crippen molar-refractivity contribution in [3.63, 3.8) is 0 Å². The van der Waals surface area contributed by atoms with Crippen molar-refractivity contribution >= 4 is 5.96 Å². The molecule has 0 fully saturated rings. The van der Waals surface area contributed by atoms with E-state index >= 15 is 0 Å². The van der Waals surface area contributed by atoms with Gasteiger partial charge < -0.3 is 15.1 Å². The molecule has 0 spiro atoms. The van der Waals surface area contributed by atoms with Crippen LogP contribution in [-0.2, 0) is 13.1 Å². The first-order chi connectivity index (χ1) is 13.7. The van der Waals surface area contributed by atoms with Crippen LogP contribution < -0.4 is 10.6 Å². The van der Waals surface area contributed by atoms with E-state index in [4.69, 9.17) is 4.42 Å². The first kappa shape index (κ1) is 18.2. The molecule has 28 heavy (non-hydrogen) atoms.